The van der Waals surface area contributed by atoms with Gasteiger partial charge in [0.1, 0.15) is 17.6 Å². The van der Waals surface area contributed by atoms with Crippen LogP contribution in [0, 0.1) is 0 Å². The molecule has 1 atom stereocenters. The first-order chi connectivity index (χ1) is 12.8. The standard InChI is InChI=1S/C21H22O6/c1-4-5-6-18(25)27-17(10-7-12(2)3)13-11-16(24)19-14(22)8-9-15(23)20(19)21(13)26/h5-9,11,17,22-23H,4,10H2,1-3H3/b6-5+. The SMILES string of the molecule is CC/C=C/C(=O)OC(CC=C(C)C)C1=CC(=O)c2c(O)ccc(O)c2C1=O. The summed E-state index contributed by atoms with van der Waals surface area (Å²) in [4.78, 5) is 37.4. The van der Waals surface area contributed by atoms with Crippen molar-refractivity contribution in [1.29, 1.82) is 0 Å². The molecule has 0 fully saturated rings. The first-order valence-electron chi connectivity index (χ1n) is 8.62. The van der Waals surface area contributed by atoms with E-state index in [0.717, 1.165) is 23.8 Å². The van der Waals surface area contributed by atoms with Crippen molar-refractivity contribution in [2.45, 2.75) is 39.7 Å². The molecule has 1 unspecified atom stereocenters. The highest BCUT2D eigenvalue weighted by Crippen LogP contribution is 2.36. The van der Waals surface area contributed by atoms with Crippen molar-refractivity contribution >= 4 is 17.5 Å². The second-order valence-corrected chi connectivity index (χ2v) is 6.40. The number of Topliss-reactive ketones (excluding diaryl/α,β-unsaturated/α-hetero) is 1. The highest BCUT2D eigenvalue weighted by Gasteiger charge is 2.35. The predicted molar refractivity (Wildman–Crippen MR) is 99.9 cm³/mol. The molecule has 1 aromatic carbocycles. The number of hydrogen-bond acceptors (Lipinski definition) is 6. The van der Waals surface area contributed by atoms with Crippen LogP contribution in [0.15, 0.2) is 47.6 Å². The van der Waals surface area contributed by atoms with Crippen molar-refractivity contribution in [3.8, 4) is 11.5 Å². The number of esters is 1. The lowest BCUT2D eigenvalue weighted by molar-refractivity contribution is -0.141. The van der Waals surface area contributed by atoms with Gasteiger partial charge in [0.2, 0.25) is 0 Å². The van der Waals surface area contributed by atoms with Crippen molar-refractivity contribution in [3.63, 3.8) is 0 Å². The summed E-state index contributed by atoms with van der Waals surface area (Å²) in [5.41, 5.74) is 0.391. The number of hydrogen-bond donors (Lipinski definition) is 2. The van der Waals surface area contributed by atoms with E-state index in [1.165, 1.54) is 6.08 Å². The zero-order valence-electron chi connectivity index (χ0n) is 15.5. The van der Waals surface area contributed by atoms with Gasteiger partial charge in [-0.3, -0.25) is 9.59 Å². The fraction of sp³-hybridized carbons (Fsp3) is 0.286. The molecule has 2 rings (SSSR count). The van der Waals surface area contributed by atoms with Gasteiger partial charge in [-0.15, -0.1) is 0 Å². The van der Waals surface area contributed by atoms with Crippen molar-refractivity contribution in [2.75, 3.05) is 0 Å². The lowest BCUT2D eigenvalue weighted by Gasteiger charge is -2.23. The lowest BCUT2D eigenvalue weighted by Crippen LogP contribution is -2.28. The molecule has 0 spiro atoms. The van der Waals surface area contributed by atoms with E-state index in [-0.39, 0.29) is 28.9 Å². The number of phenolic OH excluding ortho intramolecular Hbond substituents is 2. The van der Waals surface area contributed by atoms with Gasteiger partial charge >= 0.3 is 5.97 Å². The van der Waals surface area contributed by atoms with Crippen LogP contribution in [0.1, 0.15) is 54.3 Å². The minimum Gasteiger partial charge on any atom is -0.507 e. The smallest absolute Gasteiger partial charge is 0.331 e. The minimum absolute atomic E-state index is 0.0378. The van der Waals surface area contributed by atoms with E-state index in [2.05, 4.69) is 0 Å². The Bertz CT molecular complexity index is 869. The van der Waals surface area contributed by atoms with Gasteiger partial charge in [0.25, 0.3) is 0 Å². The molecule has 2 N–H and O–H groups in total. The molecule has 142 valence electrons. The zero-order valence-corrected chi connectivity index (χ0v) is 15.5. The number of carbonyl (C=O) groups is 3. The number of carbonyl (C=O) groups excluding carboxylic acids is 3. The molecule has 0 saturated carbocycles. The lowest BCUT2D eigenvalue weighted by atomic mass is 9.85. The number of ketones is 2. The number of phenols is 2. The molecule has 0 heterocycles. The molecule has 0 saturated heterocycles. The van der Waals surface area contributed by atoms with Crippen molar-refractivity contribution in [3.05, 3.63) is 58.7 Å². The van der Waals surface area contributed by atoms with Gasteiger partial charge in [0.15, 0.2) is 11.6 Å². The molecule has 6 heteroatoms. The van der Waals surface area contributed by atoms with E-state index in [1.54, 1.807) is 12.2 Å². The average molecular weight is 370 g/mol. The molecule has 6 nitrogen and oxygen atoms in total. The van der Waals surface area contributed by atoms with Gasteiger partial charge in [-0.25, -0.2) is 4.79 Å². The Morgan fingerprint density at radius 3 is 2.37 bits per heavy atom. The molecule has 0 aliphatic heterocycles. The molecule has 1 aliphatic carbocycles. The number of rotatable bonds is 6. The van der Waals surface area contributed by atoms with E-state index in [4.69, 9.17) is 4.74 Å². The number of benzene rings is 1. The first kappa shape index (κ1) is 20.2. The van der Waals surface area contributed by atoms with Crippen molar-refractivity contribution in [2.24, 2.45) is 0 Å². The van der Waals surface area contributed by atoms with E-state index >= 15 is 0 Å². The van der Waals surface area contributed by atoms with Gasteiger partial charge in [-0.05, 0) is 38.5 Å². The van der Waals surface area contributed by atoms with Crippen LogP contribution in [-0.2, 0) is 9.53 Å². The summed E-state index contributed by atoms with van der Waals surface area (Å²) in [5, 5.41) is 19.9. The van der Waals surface area contributed by atoms with Crippen LogP contribution in [0.25, 0.3) is 0 Å². The summed E-state index contributed by atoms with van der Waals surface area (Å²) in [5.74, 6) is -2.71. The largest absolute Gasteiger partial charge is 0.507 e. The summed E-state index contributed by atoms with van der Waals surface area (Å²) < 4.78 is 5.39. The second kappa shape index (κ2) is 8.49. The molecule has 1 aromatic rings. The number of fused-ring (bicyclic) bond motifs is 1. The number of allylic oxidation sites excluding steroid dienone is 3. The van der Waals surface area contributed by atoms with E-state index in [0.29, 0.717) is 6.42 Å². The third-order valence-corrected chi connectivity index (χ3v) is 4.02. The fourth-order valence-corrected chi connectivity index (χ4v) is 2.70. The first-order valence-corrected chi connectivity index (χ1v) is 8.62. The summed E-state index contributed by atoms with van der Waals surface area (Å²) >= 11 is 0. The van der Waals surface area contributed by atoms with Gasteiger partial charge in [0.05, 0.1) is 11.1 Å². The van der Waals surface area contributed by atoms with Gasteiger partial charge in [-0.2, -0.15) is 0 Å². The van der Waals surface area contributed by atoms with Crippen LogP contribution in [0.3, 0.4) is 0 Å². The van der Waals surface area contributed by atoms with Crippen LogP contribution in [0.2, 0.25) is 0 Å². The fourth-order valence-electron chi connectivity index (χ4n) is 2.70. The molecular formula is C21H22O6. The van der Waals surface area contributed by atoms with Crippen molar-refractivity contribution < 1.29 is 29.3 Å². The van der Waals surface area contributed by atoms with Gasteiger partial charge < -0.3 is 14.9 Å². The van der Waals surface area contributed by atoms with Gasteiger partial charge in [-0.1, -0.05) is 24.6 Å². The zero-order chi connectivity index (χ0) is 20.1. The Morgan fingerprint density at radius 1 is 1.15 bits per heavy atom. The van der Waals surface area contributed by atoms with E-state index in [1.807, 2.05) is 20.8 Å². The van der Waals surface area contributed by atoms with Crippen molar-refractivity contribution in [1.82, 2.24) is 0 Å². The van der Waals surface area contributed by atoms with Crippen LogP contribution < -0.4 is 0 Å². The molecule has 0 bridgehead atoms. The molecular weight excluding hydrogens is 348 g/mol. The Morgan fingerprint density at radius 2 is 1.78 bits per heavy atom. The third kappa shape index (κ3) is 4.53. The predicted octanol–water partition coefficient (Wildman–Crippen LogP) is 3.64. The second-order valence-electron chi connectivity index (χ2n) is 6.40. The Hall–Kier alpha value is -3.15. The number of aromatic hydroxyl groups is 2. The Labute approximate surface area is 157 Å². The van der Waals surface area contributed by atoms with E-state index < -0.39 is 29.4 Å². The highest BCUT2D eigenvalue weighted by molar-refractivity contribution is 6.27. The molecule has 0 radical (unpaired) electrons. The van der Waals surface area contributed by atoms with Crippen LogP contribution >= 0.6 is 0 Å². The van der Waals surface area contributed by atoms with Gasteiger partial charge in [0, 0.05) is 18.1 Å². The maximum absolute atomic E-state index is 12.9. The summed E-state index contributed by atoms with van der Waals surface area (Å²) in [6.45, 7) is 5.58. The topological polar surface area (TPSA) is 101 Å². The molecule has 0 amide bonds. The quantitative estimate of drug-likeness (QED) is 0.343. The maximum atomic E-state index is 12.9. The average Bonchev–Trinajstić information content (AvgIpc) is 2.61. The van der Waals surface area contributed by atoms with Crippen LogP contribution in [0.4, 0.5) is 0 Å². The molecule has 0 aromatic heterocycles. The summed E-state index contributed by atoms with van der Waals surface area (Å²) in [6, 6.07) is 2.29. The summed E-state index contributed by atoms with van der Waals surface area (Å²) in [7, 11) is 0. The van der Waals surface area contributed by atoms with Crippen LogP contribution in [-0.4, -0.2) is 33.9 Å². The monoisotopic (exact) mass is 370 g/mol. The minimum atomic E-state index is -0.986. The third-order valence-electron chi connectivity index (χ3n) is 4.02. The molecule has 27 heavy (non-hydrogen) atoms. The number of ether oxygens (including phenoxy) is 1. The normalized spacial score (nSPS) is 14.6. The van der Waals surface area contributed by atoms with E-state index in [9.17, 15) is 24.6 Å². The van der Waals surface area contributed by atoms with Crippen LogP contribution in [0.5, 0.6) is 11.5 Å². The maximum Gasteiger partial charge on any atom is 0.331 e. The Kier molecular flexibility index (Phi) is 6.34. The highest BCUT2D eigenvalue weighted by atomic mass is 16.5. The Balaban J connectivity index is 2.46. The summed E-state index contributed by atoms with van der Waals surface area (Å²) in [6.07, 6.45) is 5.61. The molecule has 1 aliphatic rings.